The molecule has 0 spiro atoms. The highest BCUT2D eigenvalue weighted by Gasteiger charge is 2.25. The molecule has 25 heavy (non-hydrogen) atoms. The summed E-state index contributed by atoms with van der Waals surface area (Å²) in [7, 11) is 1.86. The minimum absolute atomic E-state index is 0.0606. The van der Waals surface area contributed by atoms with Gasteiger partial charge in [-0.3, -0.25) is 4.79 Å². The van der Waals surface area contributed by atoms with Gasteiger partial charge in [-0.25, -0.2) is 4.98 Å². The zero-order valence-electron chi connectivity index (χ0n) is 14.3. The van der Waals surface area contributed by atoms with E-state index in [2.05, 4.69) is 18.2 Å². The van der Waals surface area contributed by atoms with Crippen LogP contribution in [0.25, 0.3) is 20.3 Å². The number of carbonyl (C=O) groups excluding carboxylic acids is 1. The van der Waals surface area contributed by atoms with Gasteiger partial charge in [0.05, 0.1) is 21.1 Å². The maximum Gasteiger partial charge on any atom is 0.264 e. The van der Waals surface area contributed by atoms with E-state index in [4.69, 9.17) is 4.98 Å². The second-order valence-corrected chi connectivity index (χ2v) is 8.28. The summed E-state index contributed by atoms with van der Waals surface area (Å²) in [6.45, 7) is 4.07. The van der Waals surface area contributed by atoms with E-state index in [1.54, 1.807) is 27.6 Å². The molecule has 1 amide bonds. The van der Waals surface area contributed by atoms with Crippen molar-refractivity contribution in [2.45, 2.75) is 19.9 Å². The lowest BCUT2D eigenvalue weighted by Gasteiger charge is -2.23. The Bertz CT molecular complexity index is 1050. The normalized spacial score (nSPS) is 12.6. The average molecular weight is 367 g/mol. The van der Waals surface area contributed by atoms with Crippen LogP contribution in [-0.2, 0) is 0 Å². The molecular weight excluding hydrogens is 348 g/mol. The fourth-order valence-electron chi connectivity index (χ4n) is 2.95. The van der Waals surface area contributed by atoms with Crippen LogP contribution in [0.15, 0.2) is 48.5 Å². The Labute approximate surface area is 154 Å². The van der Waals surface area contributed by atoms with E-state index in [0.717, 1.165) is 35.8 Å². The molecule has 2 aromatic heterocycles. The number of fused-ring (bicyclic) bond motifs is 2. The first kappa shape index (κ1) is 16.2. The van der Waals surface area contributed by atoms with Gasteiger partial charge in [0.15, 0.2) is 0 Å². The van der Waals surface area contributed by atoms with E-state index < -0.39 is 0 Å². The number of aromatic nitrogens is 1. The summed E-state index contributed by atoms with van der Waals surface area (Å²) >= 11 is 3.22. The number of nitrogens with zero attached hydrogens (tertiary/aromatic N) is 2. The second-order valence-electron chi connectivity index (χ2n) is 6.16. The first-order valence-electron chi connectivity index (χ1n) is 8.17. The summed E-state index contributed by atoms with van der Waals surface area (Å²) in [6.07, 6.45) is 0. The number of thiophene rings is 1. The summed E-state index contributed by atoms with van der Waals surface area (Å²) in [6, 6.07) is 16.2. The third-order valence-electron chi connectivity index (χ3n) is 4.61. The lowest BCUT2D eigenvalue weighted by molar-refractivity contribution is 0.0747. The number of para-hydroxylation sites is 1. The standard InChI is InChI=1S/C20H18N2OS2/c1-12-14-8-4-6-10-16(14)24-18(12)20(23)22(3)13(2)19-21-15-9-5-7-11-17(15)25-19/h4-11,13H,1-3H3/t13-/m1/s1. The maximum atomic E-state index is 13.1. The van der Waals surface area contributed by atoms with Crippen molar-refractivity contribution in [3.05, 3.63) is 64.0 Å². The third-order valence-corrected chi connectivity index (χ3v) is 7.07. The summed E-state index contributed by atoms with van der Waals surface area (Å²) in [5.74, 6) is 0.0606. The van der Waals surface area contributed by atoms with E-state index >= 15 is 0 Å². The van der Waals surface area contributed by atoms with Crippen LogP contribution >= 0.6 is 22.7 Å². The summed E-state index contributed by atoms with van der Waals surface area (Å²) in [5, 5.41) is 2.13. The van der Waals surface area contributed by atoms with Crippen molar-refractivity contribution in [1.29, 1.82) is 0 Å². The molecule has 0 saturated carbocycles. The molecule has 0 unspecified atom stereocenters. The molecule has 0 saturated heterocycles. The Kier molecular flexibility index (Phi) is 4.06. The minimum Gasteiger partial charge on any atom is -0.332 e. The lowest BCUT2D eigenvalue weighted by atomic mass is 10.1. The predicted molar refractivity (Wildman–Crippen MR) is 107 cm³/mol. The molecule has 126 valence electrons. The molecule has 4 aromatic rings. The number of carbonyl (C=O) groups is 1. The summed E-state index contributed by atoms with van der Waals surface area (Å²) in [5.41, 5.74) is 2.06. The van der Waals surface area contributed by atoms with Crippen LogP contribution in [0.5, 0.6) is 0 Å². The lowest BCUT2D eigenvalue weighted by Crippen LogP contribution is -2.29. The Morgan fingerprint density at radius 3 is 2.44 bits per heavy atom. The van der Waals surface area contributed by atoms with Crippen molar-refractivity contribution in [2.75, 3.05) is 7.05 Å². The molecular formula is C20H18N2OS2. The fourth-order valence-corrected chi connectivity index (χ4v) is 5.20. The van der Waals surface area contributed by atoms with Gasteiger partial charge in [0.2, 0.25) is 0 Å². The largest absolute Gasteiger partial charge is 0.332 e. The van der Waals surface area contributed by atoms with Gasteiger partial charge in [0.1, 0.15) is 5.01 Å². The molecule has 0 bridgehead atoms. The Hall–Kier alpha value is -2.24. The molecule has 1 atom stereocenters. The molecule has 2 heterocycles. The van der Waals surface area contributed by atoms with Crippen molar-refractivity contribution >= 4 is 48.9 Å². The first-order valence-corrected chi connectivity index (χ1v) is 9.80. The Balaban J connectivity index is 1.67. The van der Waals surface area contributed by atoms with Crippen LogP contribution in [-0.4, -0.2) is 22.8 Å². The number of hydrogen-bond acceptors (Lipinski definition) is 4. The smallest absolute Gasteiger partial charge is 0.264 e. The number of hydrogen-bond donors (Lipinski definition) is 0. The molecule has 0 aliphatic heterocycles. The average Bonchev–Trinajstić information content (AvgIpc) is 3.21. The first-order chi connectivity index (χ1) is 12.1. The number of aryl methyl sites for hydroxylation is 1. The number of rotatable bonds is 3. The SMILES string of the molecule is Cc1c(C(=O)N(C)[C@H](C)c2nc3ccccc3s2)sc2ccccc12. The van der Waals surface area contributed by atoms with Crippen LogP contribution < -0.4 is 0 Å². The molecule has 5 heteroatoms. The molecule has 0 N–H and O–H groups in total. The molecule has 0 aliphatic carbocycles. The molecule has 3 nitrogen and oxygen atoms in total. The zero-order valence-corrected chi connectivity index (χ0v) is 15.9. The van der Waals surface area contributed by atoms with Gasteiger partial charge < -0.3 is 4.90 Å². The molecule has 2 aromatic carbocycles. The number of benzene rings is 2. The third kappa shape index (κ3) is 2.73. The van der Waals surface area contributed by atoms with Gasteiger partial charge in [0.25, 0.3) is 5.91 Å². The van der Waals surface area contributed by atoms with Crippen molar-refractivity contribution in [3.63, 3.8) is 0 Å². The monoisotopic (exact) mass is 366 g/mol. The molecule has 0 aliphatic rings. The number of thiazole rings is 1. The summed E-state index contributed by atoms with van der Waals surface area (Å²) < 4.78 is 2.31. The molecule has 0 fully saturated rings. The Morgan fingerprint density at radius 1 is 1.04 bits per heavy atom. The minimum atomic E-state index is -0.0606. The van der Waals surface area contributed by atoms with Crippen LogP contribution in [0.3, 0.4) is 0 Å². The molecule has 4 rings (SSSR count). The summed E-state index contributed by atoms with van der Waals surface area (Å²) in [4.78, 5) is 20.4. The Morgan fingerprint density at radius 2 is 1.72 bits per heavy atom. The van der Waals surface area contributed by atoms with Gasteiger partial charge in [-0.05, 0) is 43.0 Å². The van der Waals surface area contributed by atoms with Crippen LogP contribution in [0, 0.1) is 6.92 Å². The highest BCUT2D eigenvalue weighted by Crippen LogP contribution is 2.34. The van der Waals surface area contributed by atoms with Crippen LogP contribution in [0.4, 0.5) is 0 Å². The van der Waals surface area contributed by atoms with Crippen molar-refractivity contribution in [3.8, 4) is 0 Å². The van der Waals surface area contributed by atoms with E-state index in [1.807, 2.05) is 51.2 Å². The van der Waals surface area contributed by atoms with Crippen molar-refractivity contribution in [1.82, 2.24) is 9.88 Å². The quantitative estimate of drug-likeness (QED) is 0.469. The zero-order chi connectivity index (χ0) is 17.6. The highest BCUT2D eigenvalue weighted by atomic mass is 32.1. The van der Waals surface area contributed by atoms with Gasteiger partial charge >= 0.3 is 0 Å². The van der Waals surface area contributed by atoms with E-state index in [-0.39, 0.29) is 11.9 Å². The topological polar surface area (TPSA) is 33.2 Å². The van der Waals surface area contributed by atoms with Crippen LogP contribution in [0.1, 0.15) is 33.2 Å². The van der Waals surface area contributed by atoms with Crippen molar-refractivity contribution in [2.24, 2.45) is 0 Å². The second kappa shape index (κ2) is 6.24. The van der Waals surface area contributed by atoms with E-state index in [1.165, 1.54) is 0 Å². The van der Waals surface area contributed by atoms with Gasteiger partial charge in [0, 0.05) is 11.7 Å². The van der Waals surface area contributed by atoms with Gasteiger partial charge in [-0.15, -0.1) is 22.7 Å². The van der Waals surface area contributed by atoms with Crippen LogP contribution in [0.2, 0.25) is 0 Å². The number of amides is 1. The highest BCUT2D eigenvalue weighted by molar-refractivity contribution is 7.21. The predicted octanol–water partition coefficient (Wildman–Crippen LogP) is 5.65. The fraction of sp³-hybridized carbons (Fsp3) is 0.200. The van der Waals surface area contributed by atoms with E-state index in [0.29, 0.717) is 0 Å². The van der Waals surface area contributed by atoms with Gasteiger partial charge in [-0.2, -0.15) is 0 Å². The maximum absolute atomic E-state index is 13.1. The van der Waals surface area contributed by atoms with E-state index in [9.17, 15) is 4.79 Å². The molecule has 0 radical (unpaired) electrons. The van der Waals surface area contributed by atoms with Crippen molar-refractivity contribution < 1.29 is 4.79 Å². The van der Waals surface area contributed by atoms with Gasteiger partial charge in [-0.1, -0.05) is 30.3 Å².